The van der Waals surface area contributed by atoms with Crippen molar-refractivity contribution in [3.8, 4) is 5.75 Å². The van der Waals surface area contributed by atoms with Crippen LogP contribution in [0.1, 0.15) is 36.9 Å². The second kappa shape index (κ2) is 9.64. The highest BCUT2D eigenvalue weighted by Crippen LogP contribution is 2.28. The predicted octanol–water partition coefficient (Wildman–Crippen LogP) is 5.09. The fourth-order valence-electron chi connectivity index (χ4n) is 3.63. The zero-order valence-electron chi connectivity index (χ0n) is 16.3. The van der Waals surface area contributed by atoms with Crippen LogP contribution in [-0.2, 0) is 11.3 Å². The quantitative estimate of drug-likeness (QED) is 0.707. The fourth-order valence-corrected chi connectivity index (χ4v) is 4.14. The van der Waals surface area contributed by atoms with E-state index in [-0.39, 0.29) is 17.9 Å². The smallest absolute Gasteiger partial charge is 0.224 e. The summed E-state index contributed by atoms with van der Waals surface area (Å²) in [6.45, 7) is 4.32. The highest BCUT2D eigenvalue weighted by atomic mass is 35.5. The summed E-state index contributed by atoms with van der Waals surface area (Å²) in [5.74, 6) is 0.873. The molecule has 150 valence electrons. The van der Waals surface area contributed by atoms with Crippen molar-refractivity contribution in [2.75, 3.05) is 20.2 Å². The van der Waals surface area contributed by atoms with E-state index >= 15 is 0 Å². The lowest BCUT2D eigenvalue weighted by Crippen LogP contribution is -2.43. The first-order valence-electron chi connectivity index (χ1n) is 9.57. The zero-order valence-corrected chi connectivity index (χ0v) is 17.8. The number of nitrogens with one attached hydrogen (secondary N) is 1. The van der Waals surface area contributed by atoms with Crippen molar-refractivity contribution in [3.05, 3.63) is 63.6 Å². The van der Waals surface area contributed by atoms with Crippen LogP contribution in [0.3, 0.4) is 0 Å². The van der Waals surface area contributed by atoms with Gasteiger partial charge in [0.25, 0.3) is 0 Å². The number of hydrogen-bond acceptors (Lipinski definition) is 3. The molecule has 28 heavy (non-hydrogen) atoms. The van der Waals surface area contributed by atoms with Gasteiger partial charge in [0.05, 0.1) is 19.1 Å². The molecule has 6 heteroatoms. The van der Waals surface area contributed by atoms with E-state index < -0.39 is 0 Å². The highest BCUT2D eigenvalue weighted by molar-refractivity contribution is 6.35. The lowest BCUT2D eigenvalue weighted by molar-refractivity contribution is -0.127. The standard InChI is InChI=1S/C22H26Cl2N2O2/c1-15(16-8-10-18(28-2)11-9-16)25-22(27)17-5-4-12-26(13-17)14-19-20(23)6-3-7-21(19)24/h3,6-11,15,17H,4-5,12-14H2,1-2H3,(H,25,27)/t15-,17+/m1/s1. The molecule has 2 aromatic rings. The Labute approximate surface area is 176 Å². The molecule has 1 fully saturated rings. The maximum atomic E-state index is 12.8. The maximum absolute atomic E-state index is 12.8. The summed E-state index contributed by atoms with van der Waals surface area (Å²) in [7, 11) is 1.64. The number of carbonyl (C=O) groups excluding carboxylic acids is 1. The van der Waals surface area contributed by atoms with Crippen LogP contribution in [0.15, 0.2) is 42.5 Å². The van der Waals surface area contributed by atoms with Crippen LogP contribution in [0.25, 0.3) is 0 Å². The van der Waals surface area contributed by atoms with Crippen LogP contribution in [-0.4, -0.2) is 31.0 Å². The Kier molecular flexibility index (Phi) is 7.22. The first-order valence-corrected chi connectivity index (χ1v) is 10.3. The van der Waals surface area contributed by atoms with Gasteiger partial charge in [-0.2, -0.15) is 0 Å². The van der Waals surface area contributed by atoms with Crippen molar-refractivity contribution in [1.82, 2.24) is 10.2 Å². The van der Waals surface area contributed by atoms with Gasteiger partial charge in [-0.15, -0.1) is 0 Å². The van der Waals surface area contributed by atoms with Crippen LogP contribution in [0.4, 0.5) is 0 Å². The number of carbonyl (C=O) groups is 1. The Hall–Kier alpha value is -1.75. The van der Waals surface area contributed by atoms with Crippen molar-refractivity contribution in [1.29, 1.82) is 0 Å². The Morgan fingerprint density at radius 3 is 2.54 bits per heavy atom. The van der Waals surface area contributed by atoms with E-state index in [9.17, 15) is 4.79 Å². The fraction of sp³-hybridized carbons (Fsp3) is 0.409. The summed E-state index contributed by atoms with van der Waals surface area (Å²) in [6.07, 6.45) is 1.88. The molecule has 3 rings (SSSR count). The summed E-state index contributed by atoms with van der Waals surface area (Å²) in [4.78, 5) is 15.1. The van der Waals surface area contributed by atoms with E-state index in [1.54, 1.807) is 7.11 Å². The number of halogens is 2. The lowest BCUT2D eigenvalue weighted by Gasteiger charge is -2.33. The highest BCUT2D eigenvalue weighted by Gasteiger charge is 2.27. The Morgan fingerprint density at radius 2 is 1.89 bits per heavy atom. The number of ether oxygens (including phenoxy) is 1. The van der Waals surface area contributed by atoms with Crippen LogP contribution in [0.5, 0.6) is 5.75 Å². The minimum atomic E-state index is -0.0493. The predicted molar refractivity (Wildman–Crippen MR) is 114 cm³/mol. The van der Waals surface area contributed by atoms with Gasteiger partial charge in [0, 0.05) is 28.7 Å². The topological polar surface area (TPSA) is 41.6 Å². The molecule has 0 aliphatic carbocycles. The molecular formula is C22H26Cl2N2O2. The molecule has 0 radical (unpaired) electrons. The first kappa shape index (κ1) is 21.0. The summed E-state index contributed by atoms with van der Waals surface area (Å²) in [5, 5.41) is 4.50. The van der Waals surface area contributed by atoms with Crippen molar-refractivity contribution >= 4 is 29.1 Å². The van der Waals surface area contributed by atoms with Crippen LogP contribution < -0.4 is 10.1 Å². The number of rotatable bonds is 6. The van der Waals surface area contributed by atoms with Crippen LogP contribution in [0.2, 0.25) is 10.0 Å². The average Bonchev–Trinajstić information content (AvgIpc) is 2.71. The van der Waals surface area contributed by atoms with Gasteiger partial charge in [-0.1, -0.05) is 41.4 Å². The van der Waals surface area contributed by atoms with Gasteiger partial charge in [0.2, 0.25) is 5.91 Å². The minimum Gasteiger partial charge on any atom is -0.497 e. The molecule has 4 nitrogen and oxygen atoms in total. The van der Waals surface area contributed by atoms with Gasteiger partial charge in [-0.25, -0.2) is 0 Å². The summed E-state index contributed by atoms with van der Waals surface area (Å²) in [6, 6.07) is 13.3. The van der Waals surface area contributed by atoms with Crippen molar-refractivity contribution in [3.63, 3.8) is 0 Å². The van der Waals surface area contributed by atoms with Crippen molar-refractivity contribution in [2.45, 2.75) is 32.4 Å². The van der Waals surface area contributed by atoms with Gasteiger partial charge < -0.3 is 10.1 Å². The summed E-state index contributed by atoms with van der Waals surface area (Å²) in [5.41, 5.74) is 1.99. The number of benzene rings is 2. The lowest BCUT2D eigenvalue weighted by atomic mass is 9.96. The number of nitrogens with zero attached hydrogens (tertiary/aromatic N) is 1. The molecular weight excluding hydrogens is 395 g/mol. The molecule has 0 bridgehead atoms. The van der Waals surface area contributed by atoms with E-state index in [1.165, 1.54) is 0 Å². The molecule has 0 aromatic heterocycles. The molecule has 0 unspecified atom stereocenters. The molecule has 1 heterocycles. The molecule has 0 saturated carbocycles. The molecule has 2 aromatic carbocycles. The van der Waals surface area contributed by atoms with E-state index in [0.717, 1.165) is 36.3 Å². The minimum absolute atomic E-state index is 0.0317. The van der Waals surface area contributed by atoms with E-state index in [1.807, 2.05) is 49.4 Å². The van der Waals surface area contributed by atoms with E-state index in [4.69, 9.17) is 27.9 Å². The van der Waals surface area contributed by atoms with Gasteiger partial charge in [-0.05, 0) is 56.1 Å². The largest absolute Gasteiger partial charge is 0.497 e. The molecule has 1 saturated heterocycles. The van der Waals surface area contributed by atoms with Crippen LogP contribution >= 0.6 is 23.2 Å². The van der Waals surface area contributed by atoms with Gasteiger partial charge in [0.15, 0.2) is 0 Å². The summed E-state index contributed by atoms with van der Waals surface area (Å²) >= 11 is 12.6. The van der Waals surface area contributed by atoms with Gasteiger partial charge in [0.1, 0.15) is 5.75 Å². The molecule has 1 amide bonds. The second-order valence-corrected chi connectivity index (χ2v) is 8.09. The monoisotopic (exact) mass is 420 g/mol. The molecule has 1 aliphatic heterocycles. The van der Waals surface area contributed by atoms with Crippen molar-refractivity contribution < 1.29 is 9.53 Å². The van der Waals surface area contributed by atoms with Gasteiger partial charge in [-0.3, -0.25) is 9.69 Å². The van der Waals surface area contributed by atoms with E-state index in [0.29, 0.717) is 23.1 Å². The first-order chi connectivity index (χ1) is 13.5. The number of piperidine rings is 1. The molecule has 1 N–H and O–H groups in total. The number of likely N-dealkylation sites (tertiary alicyclic amines) is 1. The van der Waals surface area contributed by atoms with E-state index in [2.05, 4.69) is 10.2 Å². The second-order valence-electron chi connectivity index (χ2n) is 7.28. The normalized spacial score (nSPS) is 18.5. The van der Waals surface area contributed by atoms with Crippen molar-refractivity contribution in [2.24, 2.45) is 5.92 Å². The number of hydrogen-bond donors (Lipinski definition) is 1. The third-order valence-electron chi connectivity index (χ3n) is 5.29. The van der Waals surface area contributed by atoms with Crippen LogP contribution in [0, 0.1) is 5.92 Å². The SMILES string of the molecule is COc1ccc([C@@H](C)NC(=O)[C@H]2CCCN(Cc3c(Cl)cccc3Cl)C2)cc1. The summed E-state index contributed by atoms with van der Waals surface area (Å²) < 4.78 is 5.19. The zero-order chi connectivity index (χ0) is 20.1. The Morgan fingerprint density at radius 1 is 1.21 bits per heavy atom. The third-order valence-corrected chi connectivity index (χ3v) is 6.00. The molecule has 2 atom stereocenters. The Balaban J connectivity index is 1.59. The van der Waals surface area contributed by atoms with Gasteiger partial charge >= 0.3 is 0 Å². The number of amides is 1. The molecule has 0 spiro atoms. The molecule has 1 aliphatic rings. The average molecular weight is 421 g/mol. The Bertz CT molecular complexity index is 790. The number of methoxy groups -OCH3 is 1. The maximum Gasteiger partial charge on any atom is 0.224 e. The third kappa shape index (κ3) is 5.19.